The molecule has 6 nitrogen and oxygen atoms in total. The van der Waals surface area contributed by atoms with Crippen LogP contribution in [0.2, 0.25) is 51.9 Å². The molecule has 0 saturated carbocycles. The highest BCUT2D eigenvalue weighted by atomic mass is 28.5. The molecule has 0 radical (unpaired) electrons. The number of nitro benzene ring substituents is 1. The molecule has 0 heterocycles. The summed E-state index contributed by atoms with van der Waals surface area (Å²) in [6.07, 6.45) is 0.864. The van der Waals surface area contributed by atoms with Gasteiger partial charge in [0.25, 0.3) is 5.69 Å². The van der Waals surface area contributed by atoms with E-state index >= 15 is 0 Å². The van der Waals surface area contributed by atoms with Gasteiger partial charge in [-0.15, -0.1) is 0 Å². The zero-order valence-corrected chi connectivity index (χ0v) is 20.4. The predicted octanol–water partition coefficient (Wildman–Crippen LogP) is 5.48. The first-order valence-electron chi connectivity index (χ1n) is 9.10. The van der Waals surface area contributed by atoms with Crippen molar-refractivity contribution >= 4 is 36.6 Å². The fourth-order valence-electron chi connectivity index (χ4n) is 2.99. The van der Waals surface area contributed by atoms with E-state index in [4.69, 9.17) is 8.23 Å². The van der Waals surface area contributed by atoms with Gasteiger partial charge in [0, 0.05) is 12.6 Å². The van der Waals surface area contributed by atoms with E-state index < -0.39 is 25.2 Å². The van der Waals surface area contributed by atoms with Crippen molar-refractivity contribution in [1.29, 1.82) is 0 Å². The number of anilines is 1. The zero-order chi connectivity index (χ0) is 20.2. The molecule has 0 bridgehead atoms. The molecular formula is C17H34N2O4Si3. The van der Waals surface area contributed by atoms with Crippen molar-refractivity contribution in [2.24, 2.45) is 0 Å². The molecule has 0 amide bonds. The van der Waals surface area contributed by atoms with Gasteiger partial charge in [-0.2, -0.15) is 0 Å². The molecule has 1 aromatic carbocycles. The Kier molecular flexibility index (Phi) is 7.78. The van der Waals surface area contributed by atoms with Gasteiger partial charge in [-0.3, -0.25) is 10.1 Å². The smallest absolute Gasteiger partial charge is 0.314 e. The minimum atomic E-state index is -2.25. The number of hydrogen-bond donors (Lipinski definition) is 1. The Morgan fingerprint density at radius 3 is 2.04 bits per heavy atom. The van der Waals surface area contributed by atoms with Gasteiger partial charge in [0.05, 0.1) is 4.92 Å². The lowest BCUT2D eigenvalue weighted by Crippen LogP contribution is -2.52. The number of nitrogens with zero attached hydrogens (tertiary/aromatic N) is 1. The van der Waals surface area contributed by atoms with Crippen molar-refractivity contribution in [3.05, 3.63) is 33.9 Å². The van der Waals surface area contributed by atoms with Gasteiger partial charge in [-0.25, -0.2) is 0 Å². The van der Waals surface area contributed by atoms with E-state index in [9.17, 15) is 10.1 Å². The molecule has 0 fully saturated rings. The van der Waals surface area contributed by atoms with E-state index in [2.05, 4.69) is 51.1 Å². The van der Waals surface area contributed by atoms with Crippen molar-refractivity contribution in [2.45, 2.75) is 65.2 Å². The molecule has 9 heteroatoms. The molecule has 1 rings (SSSR count). The third-order valence-corrected chi connectivity index (χ3v) is 13.1. The minimum absolute atomic E-state index is 0.127. The molecule has 148 valence electrons. The maximum absolute atomic E-state index is 11.2. The fraction of sp³-hybridized carbons (Fsp3) is 0.647. The first kappa shape index (κ1) is 23.0. The van der Waals surface area contributed by atoms with Crippen LogP contribution < -0.4 is 5.32 Å². The van der Waals surface area contributed by atoms with E-state index in [1.165, 1.54) is 0 Å². The monoisotopic (exact) mass is 414 g/mol. The molecule has 0 unspecified atom stereocenters. The largest absolute Gasteiger partial charge is 0.437 e. The lowest BCUT2D eigenvalue weighted by atomic mass is 10.2. The number of nitro groups is 1. The van der Waals surface area contributed by atoms with E-state index in [-0.39, 0.29) is 10.6 Å². The average molecular weight is 415 g/mol. The SMILES string of the molecule is Cc1ccc(NCCC[Si](C)(O[Si](C)(C)C)O[Si](C)(C)C)c([N+](=O)[O-])c1. The van der Waals surface area contributed by atoms with Crippen LogP contribution in [0.1, 0.15) is 12.0 Å². The van der Waals surface area contributed by atoms with Gasteiger partial charge in [-0.05, 0) is 76.8 Å². The van der Waals surface area contributed by atoms with E-state index in [0.29, 0.717) is 12.2 Å². The van der Waals surface area contributed by atoms with Crippen LogP contribution in [0.15, 0.2) is 18.2 Å². The molecule has 0 spiro atoms. The summed E-state index contributed by atoms with van der Waals surface area (Å²) in [5, 5.41) is 14.4. The second kappa shape index (κ2) is 8.79. The molecule has 26 heavy (non-hydrogen) atoms. The standard InChI is InChI=1S/C17H34N2O4Si3/c1-15-10-11-16(17(14-15)19(20)21)18-12-9-13-26(8,22-24(2,3)4)23-25(5,6)7/h10-11,14,18H,9,12-13H2,1-8H3. The van der Waals surface area contributed by atoms with Crippen LogP contribution in [0.4, 0.5) is 11.4 Å². The topological polar surface area (TPSA) is 73.6 Å². The van der Waals surface area contributed by atoms with Crippen LogP contribution in [-0.4, -0.2) is 36.7 Å². The van der Waals surface area contributed by atoms with Crippen molar-refractivity contribution in [2.75, 3.05) is 11.9 Å². The zero-order valence-electron chi connectivity index (χ0n) is 17.4. The van der Waals surface area contributed by atoms with Crippen LogP contribution in [0.3, 0.4) is 0 Å². The Bertz CT molecular complexity index is 611. The molecular weight excluding hydrogens is 380 g/mol. The van der Waals surface area contributed by atoms with E-state index in [1.807, 2.05) is 13.0 Å². The van der Waals surface area contributed by atoms with Gasteiger partial charge in [0.1, 0.15) is 5.69 Å². The lowest BCUT2D eigenvalue weighted by molar-refractivity contribution is -0.384. The number of hydrogen-bond acceptors (Lipinski definition) is 5. The maximum atomic E-state index is 11.2. The highest BCUT2D eigenvalue weighted by Crippen LogP contribution is 2.27. The summed E-state index contributed by atoms with van der Waals surface area (Å²) in [5.41, 5.74) is 1.58. The van der Waals surface area contributed by atoms with Gasteiger partial charge >= 0.3 is 8.56 Å². The fourth-order valence-corrected chi connectivity index (χ4v) is 15.5. The predicted molar refractivity (Wildman–Crippen MR) is 116 cm³/mol. The Hall–Kier alpha value is -1.01. The van der Waals surface area contributed by atoms with Crippen molar-refractivity contribution < 1.29 is 13.2 Å². The van der Waals surface area contributed by atoms with Crippen molar-refractivity contribution in [3.63, 3.8) is 0 Å². The summed E-state index contributed by atoms with van der Waals surface area (Å²) in [5.74, 6) is 0. The van der Waals surface area contributed by atoms with Gasteiger partial charge in [0.2, 0.25) is 0 Å². The van der Waals surface area contributed by atoms with E-state index in [0.717, 1.165) is 18.0 Å². The number of benzene rings is 1. The Labute approximate surface area is 161 Å². The van der Waals surface area contributed by atoms with Crippen LogP contribution in [0, 0.1) is 17.0 Å². The molecule has 0 aliphatic carbocycles. The van der Waals surface area contributed by atoms with Gasteiger partial charge in [-0.1, -0.05) is 6.07 Å². The highest BCUT2D eigenvalue weighted by molar-refractivity contribution is 6.87. The Balaban J connectivity index is 2.72. The summed E-state index contributed by atoms with van der Waals surface area (Å²) in [4.78, 5) is 10.9. The van der Waals surface area contributed by atoms with Crippen molar-refractivity contribution in [3.8, 4) is 0 Å². The van der Waals surface area contributed by atoms with Crippen LogP contribution in [-0.2, 0) is 8.23 Å². The quantitative estimate of drug-likeness (QED) is 0.237. The Morgan fingerprint density at radius 1 is 1.04 bits per heavy atom. The molecule has 1 aromatic rings. The van der Waals surface area contributed by atoms with Crippen LogP contribution in [0.5, 0.6) is 0 Å². The Morgan fingerprint density at radius 2 is 1.58 bits per heavy atom. The van der Waals surface area contributed by atoms with Crippen LogP contribution in [0.25, 0.3) is 0 Å². The summed E-state index contributed by atoms with van der Waals surface area (Å²) >= 11 is 0. The molecule has 0 saturated heterocycles. The highest BCUT2D eigenvalue weighted by Gasteiger charge is 2.39. The second-order valence-corrected chi connectivity index (χ2v) is 21.7. The second-order valence-electron chi connectivity index (χ2n) is 8.87. The summed E-state index contributed by atoms with van der Waals surface area (Å²) in [7, 11) is -5.65. The van der Waals surface area contributed by atoms with E-state index in [1.54, 1.807) is 12.1 Å². The molecule has 0 aliphatic rings. The van der Waals surface area contributed by atoms with Crippen LogP contribution >= 0.6 is 0 Å². The average Bonchev–Trinajstić information content (AvgIpc) is 2.40. The summed E-state index contributed by atoms with van der Waals surface area (Å²) < 4.78 is 13.0. The third kappa shape index (κ3) is 8.58. The van der Waals surface area contributed by atoms with Gasteiger partial charge in [0.15, 0.2) is 16.6 Å². The number of nitrogens with one attached hydrogen (secondary N) is 1. The number of rotatable bonds is 10. The molecule has 1 N–H and O–H groups in total. The van der Waals surface area contributed by atoms with Gasteiger partial charge < -0.3 is 13.5 Å². The molecule has 0 aromatic heterocycles. The normalized spacial score (nSPS) is 12.9. The van der Waals surface area contributed by atoms with Crippen molar-refractivity contribution in [1.82, 2.24) is 0 Å². The number of aryl methyl sites for hydroxylation is 1. The first-order valence-corrected chi connectivity index (χ1v) is 18.4. The lowest BCUT2D eigenvalue weighted by Gasteiger charge is -2.38. The maximum Gasteiger partial charge on any atom is 0.314 e. The third-order valence-electron chi connectivity index (χ3n) is 3.52. The molecule has 0 aliphatic heterocycles. The molecule has 0 atom stereocenters. The summed E-state index contributed by atoms with van der Waals surface area (Å²) in [6.45, 7) is 17.8. The minimum Gasteiger partial charge on any atom is -0.437 e. The first-order chi connectivity index (χ1) is 11.7. The summed E-state index contributed by atoms with van der Waals surface area (Å²) in [6, 6.07) is 6.15.